The number of ether oxygens (including phenoxy) is 1. The van der Waals surface area contributed by atoms with Crippen molar-refractivity contribution in [3.8, 4) is 22.1 Å². The van der Waals surface area contributed by atoms with Crippen molar-refractivity contribution in [1.29, 1.82) is 0 Å². The zero-order valence-corrected chi connectivity index (χ0v) is 16.1. The maximum absolute atomic E-state index is 12.0. The van der Waals surface area contributed by atoms with Gasteiger partial charge in [0.25, 0.3) is 0 Å². The Morgan fingerprint density at radius 2 is 1.97 bits per heavy atom. The number of amides is 2. The summed E-state index contributed by atoms with van der Waals surface area (Å²) in [5.74, 6) is -1.58. The summed E-state index contributed by atoms with van der Waals surface area (Å²) in [5, 5.41) is 24.5. The van der Waals surface area contributed by atoms with Crippen LogP contribution in [-0.4, -0.2) is 39.9 Å². The molecule has 0 atom stereocenters. The number of anilines is 1. The lowest BCUT2D eigenvalue weighted by molar-refractivity contribution is -0.136. The number of aromatic nitrogens is 2. The molecular weight excluding hydrogens is 394 g/mol. The summed E-state index contributed by atoms with van der Waals surface area (Å²) in [5.41, 5.74) is 3.56. The second-order valence-corrected chi connectivity index (χ2v) is 6.57. The third-order valence-electron chi connectivity index (χ3n) is 3.54. The molecule has 3 N–H and O–H groups in total. The van der Waals surface area contributed by atoms with Gasteiger partial charge in [-0.1, -0.05) is 41.7 Å². The van der Waals surface area contributed by atoms with Gasteiger partial charge in [0.15, 0.2) is 11.5 Å². The Balaban J connectivity index is 1.56. The van der Waals surface area contributed by atoms with E-state index in [1.807, 2.05) is 30.3 Å². The van der Waals surface area contributed by atoms with Crippen LogP contribution in [0.3, 0.4) is 0 Å². The van der Waals surface area contributed by atoms with E-state index in [1.54, 1.807) is 19.1 Å². The number of aromatic hydroxyl groups is 1. The van der Waals surface area contributed by atoms with Crippen LogP contribution in [-0.2, 0) is 9.59 Å². The highest BCUT2D eigenvalue weighted by Crippen LogP contribution is 2.26. The Morgan fingerprint density at radius 3 is 2.72 bits per heavy atom. The predicted molar refractivity (Wildman–Crippen MR) is 109 cm³/mol. The van der Waals surface area contributed by atoms with Crippen LogP contribution >= 0.6 is 11.3 Å². The number of phenols is 1. The minimum atomic E-state index is -0.957. The average molecular weight is 411 g/mol. The van der Waals surface area contributed by atoms with Gasteiger partial charge in [0.1, 0.15) is 5.01 Å². The minimum absolute atomic E-state index is 0.000609. The second kappa shape index (κ2) is 9.42. The molecule has 0 bridgehead atoms. The smallest absolute Gasteiger partial charge is 0.329 e. The third-order valence-corrected chi connectivity index (χ3v) is 4.42. The number of benzene rings is 2. The molecule has 2 aromatic carbocycles. The van der Waals surface area contributed by atoms with Crippen molar-refractivity contribution in [2.45, 2.75) is 6.92 Å². The van der Waals surface area contributed by atoms with E-state index >= 15 is 0 Å². The molecular formula is C19H17N5O4S. The number of phenolic OH excluding ortho intramolecular Hbond substituents is 1. The molecule has 0 aliphatic heterocycles. The number of nitrogens with one attached hydrogen (secondary N) is 2. The predicted octanol–water partition coefficient (Wildman–Crippen LogP) is 2.40. The Morgan fingerprint density at radius 1 is 1.17 bits per heavy atom. The van der Waals surface area contributed by atoms with Crippen molar-refractivity contribution in [1.82, 2.24) is 15.6 Å². The molecule has 0 fully saturated rings. The highest BCUT2D eigenvalue weighted by molar-refractivity contribution is 7.18. The monoisotopic (exact) mass is 411 g/mol. The molecule has 0 spiro atoms. The minimum Gasteiger partial charge on any atom is -0.504 e. The highest BCUT2D eigenvalue weighted by atomic mass is 32.1. The van der Waals surface area contributed by atoms with Crippen molar-refractivity contribution in [3.05, 3.63) is 54.1 Å². The van der Waals surface area contributed by atoms with Gasteiger partial charge in [0.2, 0.25) is 5.13 Å². The van der Waals surface area contributed by atoms with Gasteiger partial charge in [-0.2, -0.15) is 5.10 Å². The normalized spacial score (nSPS) is 10.7. The number of nitrogens with zero attached hydrogens (tertiary/aromatic N) is 3. The lowest BCUT2D eigenvalue weighted by atomic mass is 10.2. The number of hydrogen-bond donors (Lipinski definition) is 3. The first-order chi connectivity index (χ1) is 14.1. The molecule has 0 saturated heterocycles. The fourth-order valence-electron chi connectivity index (χ4n) is 2.22. The Bertz CT molecular complexity index is 1040. The SMILES string of the molecule is CCOc1cc(C=NNC(=O)C(=O)Nc2nnc(-c3ccccc3)s2)ccc1O. The van der Waals surface area contributed by atoms with Gasteiger partial charge in [-0.3, -0.25) is 14.9 Å². The summed E-state index contributed by atoms with van der Waals surface area (Å²) < 4.78 is 5.27. The molecule has 29 heavy (non-hydrogen) atoms. The fourth-order valence-corrected chi connectivity index (χ4v) is 2.97. The van der Waals surface area contributed by atoms with E-state index in [-0.39, 0.29) is 10.9 Å². The summed E-state index contributed by atoms with van der Waals surface area (Å²) in [6.07, 6.45) is 1.32. The van der Waals surface area contributed by atoms with Gasteiger partial charge in [0, 0.05) is 5.56 Å². The first kappa shape index (κ1) is 20.0. The first-order valence-electron chi connectivity index (χ1n) is 8.56. The molecule has 0 radical (unpaired) electrons. The number of carbonyl (C=O) groups excluding carboxylic acids is 2. The molecule has 0 aliphatic rings. The molecule has 9 nitrogen and oxygen atoms in total. The quantitative estimate of drug-likeness (QED) is 0.325. The zero-order valence-electron chi connectivity index (χ0n) is 15.3. The van der Waals surface area contributed by atoms with Crippen LogP contribution in [0.5, 0.6) is 11.5 Å². The Labute approximate surface area is 170 Å². The van der Waals surface area contributed by atoms with Crippen LogP contribution in [0.4, 0.5) is 5.13 Å². The third kappa shape index (κ3) is 5.36. The van der Waals surface area contributed by atoms with Crippen molar-refractivity contribution in [2.75, 3.05) is 11.9 Å². The van der Waals surface area contributed by atoms with Crippen molar-refractivity contribution >= 4 is 34.5 Å². The lowest BCUT2D eigenvalue weighted by Gasteiger charge is -2.06. The van der Waals surface area contributed by atoms with Gasteiger partial charge < -0.3 is 9.84 Å². The van der Waals surface area contributed by atoms with E-state index in [9.17, 15) is 14.7 Å². The van der Waals surface area contributed by atoms with E-state index in [4.69, 9.17) is 4.74 Å². The van der Waals surface area contributed by atoms with Crippen molar-refractivity contribution in [3.63, 3.8) is 0 Å². The number of hydrazone groups is 1. The largest absolute Gasteiger partial charge is 0.504 e. The Kier molecular flexibility index (Phi) is 6.48. The van der Waals surface area contributed by atoms with Crippen molar-refractivity contribution < 1.29 is 19.4 Å². The standard InChI is InChI=1S/C19H17N5O4S/c1-2-28-15-10-12(8-9-14(15)25)11-20-22-17(27)16(26)21-19-24-23-18(29-19)13-6-4-3-5-7-13/h3-11,25H,2H2,1H3,(H,22,27)(H,21,24,26). The lowest BCUT2D eigenvalue weighted by Crippen LogP contribution is -2.32. The van der Waals surface area contributed by atoms with Crippen LogP contribution in [0.25, 0.3) is 10.6 Å². The maximum atomic E-state index is 12.0. The molecule has 1 heterocycles. The molecule has 3 aromatic rings. The Hall–Kier alpha value is -3.79. The van der Waals surface area contributed by atoms with Gasteiger partial charge in [-0.15, -0.1) is 10.2 Å². The zero-order chi connectivity index (χ0) is 20.6. The van der Waals surface area contributed by atoms with Gasteiger partial charge >= 0.3 is 11.8 Å². The molecule has 3 rings (SSSR count). The molecule has 2 amide bonds. The van der Waals surface area contributed by atoms with E-state index in [0.717, 1.165) is 16.9 Å². The van der Waals surface area contributed by atoms with Crippen LogP contribution in [0.15, 0.2) is 53.6 Å². The summed E-state index contributed by atoms with van der Waals surface area (Å²) in [4.78, 5) is 23.9. The number of carbonyl (C=O) groups is 2. The van der Waals surface area contributed by atoms with E-state index in [2.05, 4.69) is 26.0 Å². The summed E-state index contributed by atoms with van der Waals surface area (Å²) in [6, 6.07) is 13.9. The van der Waals surface area contributed by atoms with Gasteiger partial charge in [-0.05, 0) is 30.7 Å². The van der Waals surface area contributed by atoms with E-state index in [1.165, 1.54) is 12.3 Å². The molecule has 0 aliphatic carbocycles. The molecule has 1 aromatic heterocycles. The van der Waals surface area contributed by atoms with Gasteiger partial charge in [0.05, 0.1) is 12.8 Å². The summed E-state index contributed by atoms with van der Waals surface area (Å²) in [6.45, 7) is 2.18. The number of hydrogen-bond acceptors (Lipinski definition) is 8. The van der Waals surface area contributed by atoms with Crippen LogP contribution in [0, 0.1) is 0 Å². The summed E-state index contributed by atoms with van der Waals surface area (Å²) >= 11 is 1.15. The molecule has 0 unspecified atom stereocenters. The number of rotatable bonds is 6. The van der Waals surface area contributed by atoms with Gasteiger partial charge in [-0.25, -0.2) is 5.43 Å². The van der Waals surface area contributed by atoms with Crippen LogP contribution in [0.1, 0.15) is 12.5 Å². The molecule has 0 saturated carbocycles. The molecule has 10 heteroatoms. The molecule has 148 valence electrons. The average Bonchev–Trinajstić information content (AvgIpc) is 3.19. The van der Waals surface area contributed by atoms with E-state index in [0.29, 0.717) is 22.9 Å². The summed E-state index contributed by atoms with van der Waals surface area (Å²) in [7, 11) is 0. The first-order valence-corrected chi connectivity index (χ1v) is 9.37. The maximum Gasteiger partial charge on any atom is 0.329 e. The van der Waals surface area contributed by atoms with Crippen LogP contribution < -0.4 is 15.5 Å². The fraction of sp³-hybridized carbons (Fsp3) is 0.105. The topological polar surface area (TPSA) is 126 Å². The van der Waals surface area contributed by atoms with Crippen molar-refractivity contribution in [2.24, 2.45) is 5.10 Å². The highest BCUT2D eigenvalue weighted by Gasteiger charge is 2.16. The van der Waals surface area contributed by atoms with E-state index < -0.39 is 11.8 Å². The van der Waals surface area contributed by atoms with Crippen LogP contribution in [0.2, 0.25) is 0 Å². The second-order valence-electron chi connectivity index (χ2n) is 5.59.